The Balaban J connectivity index is 3.24. The van der Waals surface area contributed by atoms with Gasteiger partial charge in [0.2, 0.25) is 0 Å². The van der Waals surface area contributed by atoms with E-state index in [0.717, 1.165) is 11.3 Å². The highest BCUT2D eigenvalue weighted by molar-refractivity contribution is 5.79. The summed E-state index contributed by atoms with van der Waals surface area (Å²) in [5, 5.41) is 2.97. The van der Waals surface area contributed by atoms with E-state index in [9.17, 15) is 0 Å². The van der Waals surface area contributed by atoms with Crippen molar-refractivity contribution in [3.8, 4) is 0 Å². The standard InChI is InChI=1S/C8H13N3/c1-5-3-6(9)8(10)7(4-5)11-2/h3-4,11H,9-10H2,1-2H3. The van der Waals surface area contributed by atoms with Crippen molar-refractivity contribution in [2.24, 2.45) is 0 Å². The molecule has 0 bridgehead atoms. The molecule has 0 aliphatic carbocycles. The second kappa shape index (κ2) is 2.70. The molecule has 0 amide bonds. The van der Waals surface area contributed by atoms with E-state index in [1.807, 2.05) is 26.1 Å². The summed E-state index contributed by atoms with van der Waals surface area (Å²) in [4.78, 5) is 0. The molecule has 0 unspecified atom stereocenters. The van der Waals surface area contributed by atoms with Crippen molar-refractivity contribution in [1.29, 1.82) is 0 Å². The second-order valence-electron chi connectivity index (χ2n) is 2.57. The Hall–Kier alpha value is -1.38. The third-order valence-corrected chi connectivity index (χ3v) is 1.63. The van der Waals surface area contributed by atoms with Gasteiger partial charge in [-0.05, 0) is 24.6 Å². The summed E-state index contributed by atoms with van der Waals surface area (Å²) >= 11 is 0. The lowest BCUT2D eigenvalue weighted by molar-refractivity contribution is 1.43. The Labute approximate surface area is 66.4 Å². The van der Waals surface area contributed by atoms with Gasteiger partial charge in [-0.3, -0.25) is 0 Å². The molecule has 1 rings (SSSR count). The highest BCUT2D eigenvalue weighted by atomic mass is 14.9. The first-order chi connectivity index (χ1) is 5.15. The van der Waals surface area contributed by atoms with Crippen LogP contribution in [-0.4, -0.2) is 7.05 Å². The predicted molar refractivity (Wildman–Crippen MR) is 49.6 cm³/mol. The van der Waals surface area contributed by atoms with E-state index in [-0.39, 0.29) is 0 Å². The van der Waals surface area contributed by atoms with E-state index < -0.39 is 0 Å². The molecule has 0 aliphatic heterocycles. The number of benzene rings is 1. The summed E-state index contributed by atoms with van der Waals surface area (Å²) in [5.41, 5.74) is 14.6. The van der Waals surface area contributed by atoms with E-state index in [0.29, 0.717) is 11.4 Å². The Bertz CT molecular complexity index is 268. The number of rotatable bonds is 1. The third kappa shape index (κ3) is 1.37. The van der Waals surface area contributed by atoms with Crippen LogP contribution in [0, 0.1) is 6.92 Å². The van der Waals surface area contributed by atoms with E-state index in [4.69, 9.17) is 11.5 Å². The van der Waals surface area contributed by atoms with Crippen LogP contribution in [-0.2, 0) is 0 Å². The lowest BCUT2D eigenvalue weighted by Gasteiger charge is -2.08. The zero-order valence-corrected chi connectivity index (χ0v) is 6.81. The fourth-order valence-corrected chi connectivity index (χ4v) is 1.03. The summed E-state index contributed by atoms with van der Waals surface area (Å²) in [6.07, 6.45) is 0. The zero-order valence-electron chi connectivity index (χ0n) is 6.81. The monoisotopic (exact) mass is 151 g/mol. The van der Waals surface area contributed by atoms with E-state index in [1.54, 1.807) is 0 Å². The Morgan fingerprint density at radius 1 is 1.27 bits per heavy atom. The summed E-state index contributed by atoms with van der Waals surface area (Å²) in [6.45, 7) is 1.98. The first-order valence-corrected chi connectivity index (χ1v) is 3.48. The fraction of sp³-hybridized carbons (Fsp3) is 0.250. The van der Waals surface area contributed by atoms with Crippen molar-refractivity contribution in [3.63, 3.8) is 0 Å². The molecule has 0 fully saturated rings. The van der Waals surface area contributed by atoms with Crippen LogP contribution < -0.4 is 16.8 Å². The summed E-state index contributed by atoms with van der Waals surface area (Å²) in [5.74, 6) is 0. The molecule has 0 aliphatic rings. The summed E-state index contributed by atoms with van der Waals surface area (Å²) in [7, 11) is 1.82. The van der Waals surface area contributed by atoms with Crippen LogP contribution in [0.1, 0.15) is 5.56 Å². The number of nitrogens with one attached hydrogen (secondary N) is 1. The predicted octanol–water partition coefficient (Wildman–Crippen LogP) is 1.20. The van der Waals surface area contributed by atoms with Crippen molar-refractivity contribution < 1.29 is 0 Å². The van der Waals surface area contributed by atoms with Crippen LogP contribution in [0.25, 0.3) is 0 Å². The van der Waals surface area contributed by atoms with Crippen LogP contribution >= 0.6 is 0 Å². The molecule has 1 aromatic rings. The average molecular weight is 151 g/mol. The molecule has 0 saturated heterocycles. The fourth-order valence-electron chi connectivity index (χ4n) is 1.03. The lowest BCUT2D eigenvalue weighted by Crippen LogP contribution is -2.00. The minimum absolute atomic E-state index is 0.623. The van der Waals surface area contributed by atoms with Gasteiger partial charge in [-0.25, -0.2) is 0 Å². The van der Waals surface area contributed by atoms with Gasteiger partial charge in [0.25, 0.3) is 0 Å². The van der Waals surface area contributed by atoms with Gasteiger partial charge in [0.1, 0.15) is 0 Å². The molecule has 0 atom stereocenters. The van der Waals surface area contributed by atoms with Crippen LogP contribution in [0.5, 0.6) is 0 Å². The number of aryl methyl sites for hydroxylation is 1. The molecule has 5 N–H and O–H groups in total. The highest BCUT2D eigenvalue weighted by Crippen LogP contribution is 2.25. The molecular formula is C8H13N3. The lowest BCUT2D eigenvalue weighted by atomic mass is 10.1. The summed E-state index contributed by atoms with van der Waals surface area (Å²) < 4.78 is 0. The Morgan fingerprint density at radius 3 is 2.45 bits per heavy atom. The SMILES string of the molecule is CNc1cc(C)cc(N)c1N. The van der Waals surface area contributed by atoms with Gasteiger partial charge in [-0.2, -0.15) is 0 Å². The topological polar surface area (TPSA) is 64.1 Å². The smallest absolute Gasteiger partial charge is 0.0783 e. The number of hydrogen-bond acceptors (Lipinski definition) is 3. The van der Waals surface area contributed by atoms with Crippen LogP contribution in [0.3, 0.4) is 0 Å². The number of nitrogen functional groups attached to an aromatic ring is 2. The minimum atomic E-state index is 0.623. The van der Waals surface area contributed by atoms with E-state index >= 15 is 0 Å². The van der Waals surface area contributed by atoms with Crippen molar-refractivity contribution in [1.82, 2.24) is 0 Å². The first-order valence-electron chi connectivity index (χ1n) is 3.48. The molecule has 11 heavy (non-hydrogen) atoms. The molecule has 0 heterocycles. The van der Waals surface area contributed by atoms with Gasteiger partial charge in [-0.1, -0.05) is 0 Å². The van der Waals surface area contributed by atoms with E-state index in [1.165, 1.54) is 0 Å². The highest BCUT2D eigenvalue weighted by Gasteiger charge is 2.00. The second-order valence-corrected chi connectivity index (χ2v) is 2.57. The largest absolute Gasteiger partial charge is 0.397 e. The maximum Gasteiger partial charge on any atom is 0.0783 e. The molecular weight excluding hydrogens is 138 g/mol. The maximum atomic E-state index is 5.67. The van der Waals surface area contributed by atoms with Crippen LogP contribution in [0.2, 0.25) is 0 Å². The third-order valence-electron chi connectivity index (χ3n) is 1.63. The number of anilines is 3. The molecule has 0 spiro atoms. The molecule has 1 aromatic carbocycles. The van der Waals surface area contributed by atoms with Gasteiger partial charge < -0.3 is 16.8 Å². The van der Waals surface area contributed by atoms with Gasteiger partial charge >= 0.3 is 0 Å². The van der Waals surface area contributed by atoms with Gasteiger partial charge in [0.15, 0.2) is 0 Å². The molecule has 60 valence electrons. The van der Waals surface area contributed by atoms with Crippen molar-refractivity contribution in [2.45, 2.75) is 6.92 Å². The molecule has 0 radical (unpaired) electrons. The van der Waals surface area contributed by atoms with E-state index in [2.05, 4.69) is 5.32 Å². The maximum absolute atomic E-state index is 5.67. The molecule has 0 aromatic heterocycles. The molecule has 3 heteroatoms. The van der Waals surface area contributed by atoms with Crippen molar-refractivity contribution in [3.05, 3.63) is 17.7 Å². The van der Waals surface area contributed by atoms with Crippen molar-refractivity contribution in [2.75, 3.05) is 23.8 Å². The average Bonchev–Trinajstić information content (AvgIpc) is 1.96. The number of hydrogen-bond donors (Lipinski definition) is 3. The Morgan fingerprint density at radius 2 is 1.91 bits per heavy atom. The molecule has 0 saturated carbocycles. The normalized spacial score (nSPS) is 9.64. The van der Waals surface area contributed by atoms with Crippen LogP contribution in [0.4, 0.5) is 17.1 Å². The van der Waals surface area contributed by atoms with Gasteiger partial charge in [0.05, 0.1) is 17.1 Å². The minimum Gasteiger partial charge on any atom is -0.397 e. The van der Waals surface area contributed by atoms with Gasteiger partial charge in [0, 0.05) is 7.05 Å². The summed E-state index contributed by atoms with van der Waals surface area (Å²) in [6, 6.07) is 3.82. The number of nitrogens with two attached hydrogens (primary N) is 2. The van der Waals surface area contributed by atoms with Crippen molar-refractivity contribution >= 4 is 17.1 Å². The molecule has 3 nitrogen and oxygen atoms in total. The Kier molecular flexibility index (Phi) is 1.89. The zero-order chi connectivity index (χ0) is 8.43. The van der Waals surface area contributed by atoms with Crippen LogP contribution in [0.15, 0.2) is 12.1 Å². The quantitative estimate of drug-likeness (QED) is 0.528. The van der Waals surface area contributed by atoms with Gasteiger partial charge in [-0.15, -0.1) is 0 Å². The first kappa shape index (κ1) is 7.72.